The van der Waals surface area contributed by atoms with Gasteiger partial charge in [-0.3, -0.25) is 0 Å². The topological polar surface area (TPSA) is 24.5 Å². The number of nitrogens with zero attached hydrogens (tertiary/aromatic N) is 1. The van der Waals surface area contributed by atoms with E-state index in [1.54, 1.807) is 0 Å². The van der Waals surface area contributed by atoms with Crippen LogP contribution < -0.4 is 15.0 Å². The first-order chi connectivity index (χ1) is 24.8. The van der Waals surface area contributed by atoms with Crippen LogP contribution in [0, 0.1) is 0 Å². The zero-order chi connectivity index (χ0) is 33.0. The highest BCUT2D eigenvalue weighted by atomic mass is 16.5. The van der Waals surface area contributed by atoms with Crippen molar-refractivity contribution in [3.8, 4) is 16.9 Å². The highest BCUT2D eigenvalue weighted by Crippen LogP contribution is 2.46. The third-order valence-electron chi connectivity index (χ3n) is 10.0. The third-order valence-corrected chi connectivity index (χ3v) is 10.0. The van der Waals surface area contributed by atoms with Crippen LogP contribution in [0.1, 0.15) is 11.8 Å². The Balaban J connectivity index is 1.07. The predicted molar refractivity (Wildman–Crippen MR) is 210 cm³/mol. The molecule has 1 aliphatic rings. The van der Waals surface area contributed by atoms with Gasteiger partial charge < -0.3 is 15.0 Å². The van der Waals surface area contributed by atoms with Crippen molar-refractivity contribution in [2.45, 2.75) is 6.23 Å². The first kappa shape index (κ1) is 28.4. The molecule has 3 nitrogen and oxygen atoms in total. The quantitative estimate of drug-likeness (QED) is 0.189. The van der Waals surface area contributed by atoms with Gasteiger partial charge in [0.15, 0.2) is 6.23 Å². The maximum Gasteiger partial charge on any atom is 0.196 e. The molecule has 3 heteroatoms. The summed E-state index contributed by atoms with van der Waals surface area (Å²) in [5.41, 5.74) is 7.90. The van der Waals surface area contributed by atoms with Gasteiger partial charge in [0, 0.05) is 27.7 Å². The van der Waals surface area contributed by atoms with E-state index in [9.17, 15) is 0 Å². The Morgan fingerprint density at radius 1 is 0.440 bits per heavy atom. The molecule has 10 rings (SSSR count). The van der Waals surface area contributed by atoms with Crippen LogP contribution in [0.4, 0.5) is 22.7 Å². The molecule has 1 heterocycles. The summed E-state index contributed by atoms with van der Waals surface area (Å²) in [6, 6.07) is 65.3. The van der Waals surface area contributed by atoms with Crippen LogP contribution in [-0.4, -0.2) is 0 Å². The van der Waals surface area contributed by atoms with Crippen LogP contribution in [0.2, 0.25) is 0 Å². The van der Waals surface area contributed by atoms with Crippen LogP contribution in [0.3, 0.4) is 0 Å². The molecule has 0 amide bonds. The minimum Gasteiger partial charge on any atom is -0.464 e. The molecular weight excluding hydrogens is 609 g/mol. The minimum atomic E-state index is -0.213. The molecule has 0 spiro atoms. The molecular formula is C47H32N2O. The van der Waals surface area contributed by atoms with Gasteiger partial charge in [-0.1, -0.05) is 140 Å². The van der Waals surface area contributed by atoms with Gasteiger partial charge in [-0.15, -0.1) is 0 Å². The molecule has 0 aliphatic carbocycles. The summed E-state index contributed by atoms with van der Waals surface area (Å²) in [4.78, 5) is 2.38. The van der Waals surface area contributed by atoms with Crippen molar-refractivity contribution >= 4 is 65.8 Å². The lowest BCUT2D eigenvalue weighted by Crippen LogP contribution is -2.10. The summed E-state index contributed by atoms with van der Waals surface area (Å²) in [6.45, 7) is 0. The van der Waals surface area contributed by atoms with E-state index in [0.717, 1.165) is 34.1 Å². The van der Waals surface area contributed by atoms with Crippen molar-refractivity contribution in [3.63, 3.8) is 0 Å². The first-order valence-electron chi connectivity index (χ1n) is 17.1. The summed E-state index contributed by atoms with van der Waals surface area (Å²) in [7, 11) is 0. The van der Waals surface area contributed by atoms with E-state index in [1.165, 1.54) is 54.2 Å². The zero-order valence-corrected chi connectivity index (χ0v) is 27.3. The maximum absolute atomic E-state index is 6.41. The number of nitrogens with one attached hydrogen (secondary N) is 1. The van der Waals surface area contributed by atoms with E-state index in [-0.39, 0.29) is 6.23 Å². The van der Waals surface area contributed by atoms with Crippen LogP contribution in [0.25, 0.3) is 54.2 Å². The molecule has 9 aromatic carbocycles. The maximum atomic E-state index is 6.41. The fraction of sp³-hybridized carbons (Fsp3) is 0.0213. The van der Waals surface area contributed by atoms with E-state index in [2.05, 4.69) is 186 Å². The Morgan fingerprint density at radius 2 is 1.08 bits per heavy atom. The lowest BCUT2D eigenvalue weighted by atomic mass is 9.96. The average Bonchev–Trinajstić information content (AvgIpc) is 3.63. The first-order valence-corrected chi connectivity index (χ1v) is 17.1. The van der Waals surface area contributed by atoms with Crippen molar-refractivity contribution in [3.05, 3.63) is 188 Å². The SMILES string of the molecule is c1ccc(C2Nc3c(ccc4ccc5ccc(-c6ccc(N(c7ccc8ccccc8c7)c7cccc8ccccc78)cc6)cc5c34)O2)cc1. The fourth-order valence-electron chi connectivity index (χ4n) is 7.56. The molecule has 0 bridgehead atoms. The zero-order valence-electron chi connectivity index (χ0n) is 27.3. The second kappa shape index (κ2) is 11.5. The second-order valence-electron chi connectivity index (χ2n) is 13.0. The Hall–Kier alpha value is -6.58. The smallest absolute Gasteiger partial charge is 0.196 e. The summed E-state index contributed by atoms with van der Waals surface area (Å²) >= 11 is 0. The van der Waals surface area contributed by atoms with Crippen LogP contribution in [0.15, 0.2) is 182 Å². The number of rotatable bonds is 5. The Morgan fingerprint density at radius 3 is 1.96 bits per heavy atom. The van der Waals surface area contributed by atoms with E-state index >= 15 is 0 Å². The molecule has 1 unspecified atom stereocenters. The lowest BCUT2D eigenvalue weighted by molar-refractivity contribution is 0.260. The van der Waals surface area contributed by atoms with Gasteiger partial charge in [-0.25, -0.2) is 0 Å². The molecule has 1 N–H and O–H groups in total. The molecule has 1 aliphatic heterocycles. The fourth-order valence-corrected chi connectivity index (χ4v) is 7.56. The molecule has 0 fully saturated rings. The predicted octanol–water partition coefficient (Wildman–Crippen LogP) is 12.9. The number of benzene rings is 9. The lowest BCUT2D eigenvalue weighted by Gasteiger charge is -2.27. The number of anilines is 4. The molecule has 0 saturated heterocycles. The molecule has 0 radical (unpaired) electrons. The molecule has 0 saturated carbocycles. The van der Waals surface area contributed by atoms with Gasteiger partial charge in [0.2, 0.25) is 0 Å². The molecule has 1 atom stereocenters. The standard InChI is InChI=1S/C47H32N2O/c1-2-11-36(12-3-1)47-48-46-44(50-47)28-24-35-19-17-34-18-20-38(30-42(34)45(35)46)32-21-25-39(26-22-32)49(40-27-23-31-9-4-5-13-37(31)29-40)43-16-8-14-33-10-6-7-15-41(33)43/h1-30,47-48H. The second-order valence-corrected chi connectivity index (χ2v) is 13.0. The van der Waals surface area contributed by atoms with Crippen LogP contribution >= 0.6 is 0 Å². The summed E-state index contributed by atoms with van der Waals surface area (Å²) in [5.74, 6) is 0.885. The van der Waals surface area contributed by atoms with Crippen molar-refractivity contribution < 1.29 is 4.74 Å². The Labute approximate surface area is 290 Å². The Kier molecular flexibility index (Phi) is 6.56. The van der Waals surface area contributed by atoms with E-state index < -0.39 is 0 Å². The van der Waals surface area contributed by atoms with Gasteiger partial charge in [0.1, 0.15) is 5.75 Å². The largest absolute Gasteiger partial charge is 0.464 e. The molecule has 236 valence electrons. The van der Waals surface area contributed by atoms with Crippen molar-refractivity contribution in [2.75, 3.05) is 10.2 Å². The minimum absolute atomic E-state index is 0.213. The van der Waals surface area contributed by atoms with Gasteiger partial charge in [-0.2, -0.15) is 0 Å². The van der Waals surface area contributed by atoms with E-state index in [0.29, 0.717) is 0 Å². The number of fused-ring (bicyclic) bond motifs is 7. The number of ether oxygens (including phenoxy) is 1. The number of hydrogen-bond donors (Lipinski definition) is 1. The molecule has 9 aromatic rings. The normalized spacial score (nSPS) is 13.7. The summed E-state index contributed by atoms with van der Waals surface area (Å²) in [5, 5.41) is 13.4. The van der Waals surface area contributed by atoms with Gasteiger partial charge in [-0.05, 0) is 85.9 Å². The van der Waals surface area contributed by atoms with Crippen LogP contribution in [-0.2, 0) is 0 Å². The van der Waals surface area contributed by atoms with Crippen molar-refractivity contribution in [1.29, 1.82) is 0 Å². The van der Waals surface area contributed by atoms with Crippen molar-refractivity contribution in [2.24, 2.45) is 0 Å². The van der Waals surface area contributed by atoms with Crippen molar-refractivity contribution in [1.82, 2.24) is 0 Å². The monoisotopic (exact) mass is 640 g/mol. The molecule has 0 aromatic heterocycles. The average molecular weight is 641 g/mol. The van der Waals surface area contributed by atoms with Gasteiger partial charge in [0.25, 0.3) is 0 Å². The highest BCUT2D eigenvalue weighted by molar-refractivity contribution is 6.16. The van der Waals surface area contributed by atoms with E-state index in [4.69, 9.17) is 4.74 Å². The van der Waals surface area contributed by atoms with Gasteiger partial charge >= 0.3 is 0 Å². The van der Waals surface area contributed by atoms with Gasteiger partial charge in [0.05, 0.1) is 11.4 Å². The summed E-state index contributed by atoms with van der Waals surface area (Å²) < 4.78 is 6.41. The third kappa shape index (κ3) is 4.75. The van der Waals surface area contributed by atoms with Crippen LogP contribution in [0.5, 0.6) is 5.75 Å². The van der Waals surface area contributed by atoms with E-state index in [1.807, 2.05) is 6.07 Å². The summed E-state index contributed by atoms with van der Waals surface area (Å²) in [6.07, 6.45) is -0.213. The highest BCUT2D eigenvalue weighted by Gasteiger charge is 2.26. The molecule has 50 heavy (non-hydrogen) atoms. The Bertz CT molecular complexity index is 2710. The number of hydrogen-bond acceptors (Lipinski definition) is 3.